The second-order valence-electron chi connectivity index (χ2n) is 5.06. The van der Waals surface area contributed by atoms with E-state index in [4.69, 9.17) is 11.7 Å². The molecule has 0 bridgehead atoms. The predicted octanol–water partition coefficient (Wildman–Crippen LogP) is 0.579. The van der Waals surface area contributed by atoms with E-state index in [-0.39, 0.29) is 11.9 Å². The van der Waals surface area contributed by atoms with Crippen LogP contribution in [0.15, 0.2) is 18.3 Å². The first kappa shape index (κ1) is 15.8. The summed E-state index contributed by atoms with van der Waals surface area (Å²) < 4.78 is 0. The SMILES string of the molecule is C#C[C@@H]1CCCN1C(=O)CNCCNc1ccc(C#N)cn1. The largest absolute Gasteiger partial charge is 0.369 e. The van der Waals surface area contributed by atoms with Crippen molar-refractivity contribution in [2.45, 2.75) is 18.9 Å². The standard InChI is InChI=1S/C16H19N5O/c1-2-14-4-3-9-21(14)16(22)12-18-7-8-19-15-6-5-13(10-17)11-20-15/h1,5-6,11,14,18H,3-4,7-9,12H2,(H,19,20)/t14-/m1/s1. The fourth-order valence-electron chi connectivity index (χ4n) is 2.38. The molecule has 1 atom stereocenters. The van der Waals surface area contributed by atoms with Crippen molar-refractivity contribution >= 4 is 11.7 Å². The highest BCUT2D eigenvalue weighted by Gasteiger charge is 2.26. The Hall–Kier alpha value is -2.57. The van der Waals surface area contributed by atoms with Crippen LogP contribution in [0.5, 0.6) is 0 Å². The first-order chi connectivity index (χ1) is 10.7. The zero-order valence-electron chi connectivity index (χ0n) is 12.4. The number of terminal acetylenes is 1. The van der Waals surface area contributed by atoms with Crippen molar-refractivity contribution in [3.63, 3.8) is 0 Å². The van der Waals surface area contributed by atoms with Gasteiger partial charge in [0.15, 0.2) is 0 Å². The first-order valence-electron chi connectivity index (χ1n) is 7.31. The molecule has 2 heterocycles. The van der Waals surface area contributed by atoms with E-state index in [2.05, 4.69) is 21.5 Å². The number of nitriles is 1. The van der Waals surface area contributed by atoms with Crippen LogP contribution in [0.1, 0.15) is 18.4 Å². The van der Waals surface area contributed by atoms with Crippen molar-refractivity contribution in [1.82, 2.24) is 15.2 Å². The van der Waals surface area contributed by atoms with E-state index in [9.17, 15) is 4.79 Å². The molecule has 1 aromatic heterocycles. The number of nitrogens with zero attached hydrogens (tertiary/aromatic N) is 3. The van der Waals surface area contributed by atoms with Crippen molar-refractivity contribution in [3.05, 3.63) is 23.9 Å². The lowest BCUT2D eigenvalue weighted by atomic mass is 10.2. The van der Waals surface area contributed by atoms with Crippen LogP contribution in [-0.4, -0.2) is 48.0 Å². The molecule has 1 fully saturated rings. The highest BCUT2D eigenvalue weighted by molar-refractivity contribution is 5.79. The highest BCUT2D eigenvalue weighted by Crippen LogP contribution is 2.15. The summed E-state index contributed by atoms with van der Waals surface area (Å²) in [6.07, 6.45) is 8.82. The summed E-state index contributed by atoms with van der Waals surface area (Å²) in [7, 11) is 0. The van der Waals surface area contributed by atoms with Crippen molar-refractivity contribution in [2.75, 3.05) is 31.5 Å². The molecule has 1 saturated heterocycles. The third kappa shape index (κ3) is 4.21. The monoisotopic (exact) mass is 297 g/mol. The van der Waals surface area contributed by atoms with Gasteiger partial charge in [-0.05, 0) is 25.0 Å². The third-order valence-corrected chi connectivity index (χ3v) is 3.54. The maximum Gasteiger partial charge on any atom is 0.237 e. The number of aromatic nitrogens is 1. The van der Waals surface area contributed by atoms with Crippen LogP contribution >= 0.6 is 0 Å². The van der Waals surface area contributed by atoms with E-state index in [1.54, 1.807) is 17.0 Å². The molecule has 114 valence electrons. The molecule has 0 unspecified atom stereocenters. The molecule has 0 aromatic carbocycles. The maximum absolute atomic E-state index is 12.0. The van der Waals surface area contributed by atoms with Crippen molar-refractivity contribution in [3.8, 4) is 18.4 Å². The molecule has 0 saturated carbocycles. The number of rotatable bonds is 6. The lowest BCUT2D eigenvalue weighted by Gasteiger charge is -2.20. The van der Waals surface area contributed by atoms with Gasteiger partial charge in [0.05, 0.1) is 18.2 Å². The summed E-state index contributed by atoms with van der Waals surface area (Å²) in [6, 6.07) is 5.44. The molecule has 6 heteroatoms. The molecule has 2 rings (SSSR count). The number of amides is 1. The minimum Gasteiger partial charge on any atom is -0.369 e. The molecule has 1 aromatic rings. The number of anilines is 1. The number of nitrogens with one attached hydrogen (secondary N) is 2. The number of hydrogen-bond donors (Lipinski definition) is 2. The topological polar surface area (TPSA) is 81.0 Å². The zero-order chi connectivity index (χ0) is 15.8. The second kappa shape index (κ2) is 8.02. The van der Waals surface area contributed by atoms with E-state index < -0.39 is 0 Å². The Kier molecular flexibility index (Phi) is 5.76. The number of likely N-dealkylation sites (tertiary alicyclic amines) is 1. The lowest BCUT2D eigenvalue weighted by molar-refractivity contribution is -0.130. The molecule has 22 heavy (non-hydrogen) atoms. The Morgan fingerprint density at radius 3 is 3.05 bits per heavy atom. The number of carbonyl (C=O) groups excluding carboxylic acids is 1. The molecule has 0 aliphatic carbocycles. The van der Waals surface area contributed by atoms with Crippen LogP contribution in [0, 0.1) is 23.7 Å². The Bertz CT molecular complexity index is 584. The van der Waals surface area contributed by atoms with Crippen LogP contribution < -0.4 is 10.6 Å². The minimum atomic E-state index is -0.0460. The van der Waals surface area contributed by atoms with Gasteiger partial charge in [-0.15, -0.1) is 6.42 Å². The minimum absolute atomic E-state index is 0.0460. The average Bonchev–Trinajstić information content (AvgIpc) is 3.03. The van der Waals surface area contributed by atoms with Crippen molar-refractivity contribution in [1.29, 1.82) is 5.26 Å². The first-order valence-corrected chi connectivity index (χ1v) is 7.31. The second-order valence-corrected chi connectivity index (χ2v) is 5.06. The van der Waals surface area contributed by atoms with E-state index in [0.29, 0.717) is 31.0 Å². The van der Waals surface area contributed by atoms with Gasteiger partial charge in [0, 0.05) is 25.8 Å². The molecule has 1 amide bonds. The summed E-state index contributed by atoms with van der Waals surface area (Å²) in [4.78, 5) is 17.9. The molecule has 1 aliphatic heterocycles. The quantitative estimate of drug-likeness (QED) is 0.593. The third-order valence-electron chi connectivity index (χ3n) is 3.54. The van der Waals surface area contributed by atoms with Gasteiger partial charge in [0.2, 0.25) is 5.91 Å². The van der Waals surface area contributed by atoms with Gasteiger partial charge in [-0.2, -0.15) is 5.26 Å². The van der Waals surface area contributed by atoms with Gasteiger partial charge in [-0.1, -0.05) is 5.92 Å². The van der Waals surface area contributed by atoms with Gasteiger partial charge in [0.25, 0.3) is 0 Å². The van der Waals surface area contributed by atoms with Gasteiger partial charge in [-0.25, -0.2) is 4.98 Å². The lowest BCUT2D eigenvalue weighted by Crippen LogP contribution is -2.41. The smallest absolute Gasteiger partial charge is 0.237 e. The van der Waals surface area contributed by atoms with Crippen LogP contribution in [0.25, 0.3) is 0 Å². The summed E-state index contributed by atoms with van der Waals surface area (Å²) in [5, 5.41) is 14.9. The van der Waals surface area contributed by atoms with Gasteiger partial charge in [0.1, 0.15) is 11.9 Å². The van der Waals surface area contributed by atoms with Crippen LogP contribution in [-0.2, 0) is 4.79 Å². The molecule has 0 radical (unpaired) electrons. The van der Waals surface area contributed by atoms with Gasteiger partial charge < -0.3 is 15.5 Å². The van der Waals surface area contributed by atoms with E-state index >= 15 is 0 Å². The Labute approximate surface area is 130 Å². The molecule has 1 aliphatic rings. The fraction of sp³-hybridized carbons (Fsp3) is 0.438. The summed E-state index contributed by atoms with van der Waals surface area (Å²) in [5.74, 6) is 3.42. The van der Waals surface area contributed by atoms with Crippen LogP contribution in [0.2, 0.25) is 0 Å². The van der Waals surface area contributed by atoms with E-state index in [1.807, 2.05) is 6.07 Å². The molecular formula is C16H19N5O. The van der Waals surface area contributed by atoms with Crippen LogP contribution in [0.4, 0.5) is 5.82 Å². The Balaban J connectivity index is 1.64. The molecular weight excluding hydrogens is 278 g/mol. The Morgan fingerprint density at radius 2 is 2.36 bits per heavy atom. The molecule has 0 spiro atoms. The number of hydrogen-bond acceptors (Lipinski definition) is 5. The van der Waals surface area contributed by atoms with Crippen molar-refractivity contribution < 1.29 is 4.79 Å². The van der Waals surface area contributed by atoms with Gasteiger partial charge in [-0.3, -0.25) is 4.79 Å². The fourth-order valence-corrected chi connectivity index (χ4v) is 2.38. The summed E-state index contributed by atoms with van der Waals surface area (Å²) >= 11 is 0. The maximum atomic E-state index is 12.0. The number of pyridine rings is 1. The Morgan fingerprint density at radius 1 is 1.50 bits per heavy atom. The normalized spacial score (nSPS) is 16.8. The summed E-state index contributed by atoms with van der Waals surface area (Å²) in [5.41, 5.74) is 0.531. The average molecular weight is 297 g/mol. The predicted molar refractivity (Wildman–Crippen MR) is 83.9 cm³/mol. The van der Waals surface area contributed by atoms with Crippen molar-refractivity contribution in [2.24, 2.45) is 0 Å². The molecule has 6 nitrogen and oxygen atoms in total. The highest BCUT2D eigenvalue weighted by atomic mass is 16.2. The van der Waals surface area contributed by atoms with E-state index in [0.717, 1.165) is 19.4 Å². The van der Waals surface area contributed by atoms with Gasteiger partial charge >= 0.3 is 0 Å². The van der Waals surface area contributed by atoms with E-state index in [1.165, 1.54) is 6.20 Å². The number of carbonyl (C=O) groups is 1. The molecule has 2 N–H and O–H groups in total. The zero-order valence-corrected chi connectivity index (χ0v) is 12.4. The van der Waals surface area contributed by atoms with Crippen LogP contribution in [0.3, 0.4) is 0 Å². The summed E-state index contributed by atoms with van der Waals surface area (Å²) in [6.45, 7) is 2.33.